The van der Waals surface area contributed by atoms with E-state index < -0.39 is 0 Å². The van der Waals surface area contributed by atoms with Crippen LogP contribution >= 0.6 is 0 Å². The minimum Gasteiger partial charge on any atom is -0.399 e. The van der Waals surface area contributed by atoms with Crippen LogP contribution < -0.4 is 11.5 Å². The normalized spacial score (nSPS) is 10.2. The summed E-state index contributed by atoms with van der Waals surface area (Å²) in [5.41, 5.74) is 14.7. The van der Waals surface area contributed by atoms with Crippen LogP contribution in [0.3, 0.4) is 0 Å². The fraction of sp³-hybridized carbons (Fsp3) is 0.0909. The lowest BCUT2D eigenvalue weighted by Gasteiger charge is -2.05. The molecule has 0 bridgehead atoms. The van der Waals surface area contributed by atoms with Crippen molar-refractivity contribution >= 4 is 11.6 Å². The van der Waals surface area contributed by atoms with E-state index in [2.05, 4.69) is 9.97 Å². The summed E-state index contributed by atoms with van der Waals surface area (Å²) in [7, 11) is 0. The number of nitrogen functional groups attached to an aromatic ring is 2. The zero-order valence-corrected chi connectivity index (χ0v) is 8.44. The molecule has 0 fully saturated rings. The van der Waals surface area contributed by atoms with Crippen LogP contribution in [-0.2, 0) is 0 Å². The zero-order valence-electron chi connectivity index (χ0n) is 8.44. The molecule has 1 aromatic heterocycles. The van der Waals surface area contributed by atoms with E-state index in [0.29, 0.717) is 5.69 Å². The minimum atomic E-state index is 0.276. The standard InChI is InChI=1S/C11H12N4/c1-7-6-14-11(13)15-10(7)8-3-2-4-9(12)5-8/h2-6H,12H2,1H3,(H2,13,14,15). The van der Waals surface area contributed by atoms with Crippen LogP contribution in [0.2, 0.25) is 0 Å². The summed E-state index contributed by atoms with van der Waals surface area (Å²) >= 11 is 0. The van der Waals surface area contributed by atoms with Gasteiger partial charge >= 0.3 is 0 Å². The van der Waals surface area contributed by atoms with Gasteiger partial charge in [-0.15, -0.1) is 0 Å². The van der Waals surface area contributed by atoms with Crippen LogP contribution in [0.25, 0.3) is 11.3 Å². The number of nitrogens with two attached hydrogens (primary N) is 2. The van der Waals surface area contributed by atoms with Crippen LogP contribution in [0.15, 0.2) is 30.5 Å². The number of nitrogens with zero attached hydrogens (tertiary/aromatic N) is 2. The largest absolute Gasteiger partial charge is 0.399 e. The molecule has 1 aromatic carbocycles. The van der Waals surface area contributed by atoms with E-state index in [1.54, 1.807) is 6.20 Å². The third kappa shape index (κ3) is 1.88. The summed E-state index contributed by atoms with van der Waals surface area (Å²) in [6.07, 6.45) is 1.71. The lowest BCUT2D eigenvalue weighted by molar-refractivity contribution is 1.15. The van der Waals surface area contributed by atoms with E-state index >= 15 is 0 Å². The predicted octanol–water partition coefficient (Wildman–Crippen LogP) is 1.62. The van der Waals surface area contributed by atoms with Crippen molar-refractivity contribution in [1.29, 1.82) is 0 Å². The van der Waals surface area contributed by atoms with E-state index in [1.807, 2.05) is 31.2 Å². The number of aromatic nitrogens is 2. The number of rotatable bonds is 1. The first-order valence-corrected chi connectivity index (χ1v) is 4.62. The second kappa shape index (κ2) is 3.57. The Balaban J connectivity index is 2.58. The van der Waals surface area contributed by atoms with Gasteiger partial charge in [-0.2, -0.15) is 0 Å². The topological polar surface area (TPSA) is 77.8 Å². The van der Waals surface area contributed by atoms with Gasteiger partial charge in [0.2, 0.25) is 5.95 Å². The van der Waals surface area contributed by atoms with E-state index in [0.717, 1.165) is 16.8 Å². The molecule has 76 valence electrons. The fourth-order valence-corrected chi connectivity index (χ4v) is 1.43. The Morgan fingerprint density at radius 1 is 1.20 bits per heavy atom. The van der Waals surface area contributed by atoms with Gasteiger partial charge in [0, 0.05) is 17.4 Å². The van der Waals surface area contributed by atoms with Crippen molar-refractivity contribution < 1.29 is 0 Å². The highest BCUT2D eigenvalue weighted by Crippen LogP contribution is 2.22. The smallest absolute Gasteiger partial charge is 0.220 e. The first kappa shape index (κ1) is 9.45. The van der Waals surface area contributed by atoms with Gasteiger partial charge < -0.3 is 11.5 Å². The fourth-order valence-electron chi connectivity index (χ4n) is 1.43. The highest BCUT2D eigenvalue weighted by atomic mass is 15.0. The molecule has 0 unspecified atom stereocenters. The van der Waals surface area contributed by atoms with E-state index in [4.69, 9.17) is 11.5 Å². The minimum absolute atomic E-state index is 0.276. The van der Waals surface area contributed by atoms with Crippen LogP contribution in [0.1, 0.15) is 5.56 Å². The lowest BCUT2D eigenvalue weighted by atomic mass is 10.1. The molecule has 4 N–H and O–H groups in total. The van der Waals surface area contributed by atoms with Gasteiger partial charge in [0.15, 0.2) is 0 Å². The molecule has 2 rings (SSSR count). The molecule has 1 heterocycles. The van der Waals surface area contributed by atoms with Crippen molar-refractivity contribution in [3.8, 4) is 11.3 Å². The average Bonchev–Trinajstić information content (AvgIpc) is 2.22. The summed E-state index contributed by atoms with van der Waals surface area (Å²) in [6, 6.07) is 7.55. The molecule has 0 spiro atoms. The summed E-state index contributed by atoms with van der Waals surface area (Å²) in [4.78, 5) is 8.12. The van der Waals surface area contributed by atoms with Gasteiger partial charge in [0.05, 0.1) is 5.69 Å². The van der Waals surface area contributed by atoms with E-state index in [1.165, 1.54) is 0 Å². The highest BCUT2D eigenvalue weighted by molar-refractivity contribution is 5.67. The maximum absolute atomic E-state index is 5.71. The highest BCUT2D eigenvalue weighted by Gasteiger charge is 2.04. The third-order valence-corrected chi connectivity index (χ3v) is 2.15. The molecule has 15 heavy (non-hydrogen) atoms. The van der Waals surface area contributed by atoms with E-state index in [-0.39, 0.29) is 5.95 Å². The molecule has 0 aliphatic rings. The molecule has 0 atom stereocenters. The van der Waals surface area contributed by atoms with Crippen LogP contribution in [0.4, 0.5) is 11.6 Å². The van der Waals surface area contributed by atoms with Gasteiger partial charge in [-0.05, 0) is 24.6 Å². The Labute approximate surface area is 88.0 Å². The molecule has 4 heteroatoms. The number of hydrogen-bond acceptors (Lipinski definition) is 4. The van der Waals surface area contributed by atoms with E-state index in [9.17, 15) is 0 Å². The third-order valence-electron chi connectivity index (χ3n) is 2.15. The quantitative estimate of drug-likeness (QED) is 0.685. The van der Waals surface area contributed by atoms with Gasteiger partial charge in [-0.3, -0.25) is 0 Å². The number of aryl methyl sites for hydroxylation is 1. The molecule has 0 radical (unpaired) electrons. The number of anilines is 2. The molecule has 4 nitrogen and oxygen atoms in total. The molecule has 0 saturated carbocycles. The molecule has 2 aromatic rings. The van der Waals surface area contributed by atoms with Crippen LogP contribution in [-0.4, -0.2) is 9.97 Å². The molecule has 0 aliphatic carbocycles. The Kier molecular flexibility index (Phi) is 2.25. The molecule has 0 amide bonds. The first-order chi connectivity index (χ1) is 7.16. The Hall–Kier alpha value is -2.10. The predicted molar refractivity (Wildman–Crippen MR) is 61.0 cm³/mol. The second-order valence-electron chi connectivity index (χ2n) is 3.39. The summed E-state index contributed by atoms with van der Waals surface area (Å²) in [6.45, 7) is 1.94. The maximum Gasteiger partial charge on any atom is 0.220 e. The Morgan fingerprint density at radius 3 is 2.73 bits per heavy atom. The van der Waals surface area contributed by atoms with Crippen molar-refractivity contribution in [2.24, 2.45) is 0 Å². The Morgan fingerprint density at radius 2 is 2.00 bits per heavy atom. The molecular weight excluding hydrogens is 188 g/mol. The van der Waals surface area contributed by atoms with Crippen LogP contribution in [0.5, 0.6) is 0 Å². The van der Waals surface area contributed by atoms with Crippen LogP contribution in [0, 0.1) is 6.92 Å². The summed E-state index contributed by atoms with van der Waals surface area (Å²) in [5.74, 6) is 0.276. The van der Waals surface area contributed by atoms with Gasteiger partial charge in [0.1, 0.15) is 0 Å². The maximum atomic E-state index is 5.71. The average molecular weight is 200 g/mol. The first-order valence-electron chi connectivity index (χ1n) is 4.62. The zero-order chi connectivity index (χ0) is 10.8. The van der Waals surface area contributed by atoms with Crippen molar-refractivity contribution in [3.63, 3.8) is 0 Å². The Bertz CT molecular complexity index is 494. The lowest BCUT2D eigenvalue weighted by Crippen LogP contribution is -1.98. The number of benzene rings is 1. The monoisotopic (exact) mass is 200 g/mol. The second-order valence-corrected chi connectivity index (χ2v) is 3.39. The van der Waals surface area contributed by atoms with Crippen molar-refractivity contribution in [2.75, 3.05) is 11.5 Å². The van der Waals surface area contributed by atoms with Crippen molar-refractivity contribution in [3.05, 3.63) is 36.0 Å². The SMILES string of the molecule is Cc1cnc(N)nc1-c1cccc(N)c1. The van der Waals surface area contributed by atoms with Gasteiger partial charge in [0.25, 0.3) is 0 Å². The molecule has 0 aliphatic heterocycles. The summed E-state index contributed by atoms with van der Waals surface area (Å²) < 4.78 is 0. The molecule has 0 saturated heterocycles. The van der Waals surface area contributed by atoms with Crippen molar-refractivity contribution in [2.45, 2.75) is 6.92 Å². The summed E-state index contributed by atoms with van der Waals surface area (Å²) in [5, 5.41) is 0. The van der Waals surface area contributed by atoms with Gasteiger partial charge in [-0.25, -0.2) is 9.97 Å². The molecular formula is C11H12N4. The number of hydrogen-bond donors (Lipinski definition) is 2. The van der Waals surface area contributed by atoms with Crippen molar-refractivity contribution in [1.82, 2.24) is 9.97 Å². The van der Waals surface area contributed by atoms with Gasteiger partial charge in [-0.1, -0.05) is 12.1 Å².